The lowest BCUT2D eigenvalue weighted by Gasteiger charge is -2.21. The fourth-order valence-electron chi connectivity index (χ4n) is 4.69. The first-order chi connectivity index (χ1) is 20.3. The molecule has 1 atom stereocenters. The molecule has 5 aromatic rings. The summed E-state index contributed by atoms with van der Waals surface area (Å²) < 4.78 is 6.32. The number of hydrogen-bond donors (Lipinski definition) is 3. The number of methoxy groups -OCH3 is 1. The van der Waals surface area contributed by atoms with Gasteiger partial charge in [-0.25, -0.2) is 14.8 Å². The van der Waals surface area contributed by atoms with Gasteiger partial charge in [0.2, 0.25) is 5.95 Å². The molecule has 4 N–H and O–H groups in total. The molecule has 42 heavy (non-hydrogen) atoms. The van der Waals surface area contributed by atoms with E-state index in [1.807, 2.05) is 61.5 Å². The second-order valence-electron chi connectivity index (χ2n) is 9.56. The Morgan fingerprint density at radius 1 is 1.05 bits per heavy atom. The summed E-state index contributed by atoms with van der Waals surface area (Å²) in [6, 6.07) is 23.3. The van der Waals surface area contributed by atoms with Crippen LogP contribution in [-0.2, 0) is 11.3 Å². The third kappa shape index (κ3) is 5.46. The lowest BCUT2D eigenvalue weighted by Crippen LogP contribution is -2.28. The molecule has 0 spiro atoms. The molecular formula is C31H28N8O3. The maximum absolute atomic E-state index is 14.2. The number of nitriles is 1. The van der Waals surface area contributed by atoms with Crippen LogP contribution in [0.2, 0.25) is 0 Å². The fourth-order valence-corrected chi connectivity index (χ4v) is 4.69. The summed E-state index contributed by atoms with van der Waals surface area (Å²) in [5.41, 5.74) is 9.42. The molecule has 0 radical (unpaired) electrons. The third-order valence-corrected chi connectivity index (χ3v) is 6.76. The smallest absolute Gasteiger partial charge is 0.337 e. The standard InChI is InChI=1S/C31H28N8O3/c1-18-23(16-32)27(38-31(33)36-18)35-19(2)28-37-25-11-7-10-24(26(25)29(40)39(28)22-8-5-4-6-9-22)34-17-20-12-14-21(15-13-20)30(41)42-3/h4-15,19,34H,17H2,1-3H3,(H3,33,35,36,38)/t19-/m0/s1. The fraction of sp³-hybridized carbons (Fsp3) is 0.161. The molecule has 0 saturated heterocycles. The Hall–Kier alpha value is -5.76. The number of nitrogens with zero attached hydrogens (tertiary/aromatic N) is 5. The van der Waals surface area contributed by atoms with E-state index in [0.29, 0.717) is 45.9 Å². The van der Waals surface area contributed by atoms with Crippen LogP contribution in [0.3, 0.4) is 0 Å². The highest BCUT2D eigenvalue weighted by Gasteiger charge is 2.22. The van der Waals surface area contributed by atoms with Crippen molar-refractivity contribution in [3.63, 3.8) is 0 Å². The molecular weight excluding hydrogens is 532 g/mol. The molecule has 0 unspecified atom stereocenters. The van der Waals surface area contributed by atoms with E-state index in [1.54, 1.807) is 29.7 Å². The number of anilines is 3. The summed E-state index contributed by atoms with van der Waals surface area (Å²) in [5.74, 6) is 0.312. The first-order valence-electron chi connectivity index (χ1n) is 13.1. The minimum atomic E-state index is -0.548. The zero-order valence-corrected chi connectivity index (χ0v) is 23.3. The highest BCUT2D eigenvalue weighted by Crippen LogP contribution is 2.26. The van der Waals surface area contributed by atoms with Crippen molar-refractivity contribution in [2.24, 2.45) is 0 Å². The van der Waals surface area contributed by atoms with Crippen LogP contribution in [0.1, 0.15) is 46.0 Å². The van der Waals surface area contributed by atoms with E-state index in [0.717, 1.165) is 5.56 Å². The minimum Gasteiger partial charge on any atom is -0.465 e. The van der Waals surface area contributed by atoms with Gasteiger partial charge in [0.1, 0.15) is 23.3 Å². The summed E-state index contributed by atoms with van der Waals surface area (Å²) in [4.78, 5) is 39.2. The summed E-state index contributed by atoms with van der Waals surface area (Å²) in [6.07, 6.45) is 0. The van der Waals surface area contributed by atoms with Gasteiger partial charge in [0.15, 0.2) is 0 Å². The Bertz CT molecular complexity index is 1880. The highest BCUT2D eigenvalue weighted by molar-refractivity contribution is 5.91. The van der Waals surface area contributed by atoms with Crippen molar-refractivity contribution >= 4 is 34.3 Å². The van der Waals surface area contributed by atoms with Crippen molar-refractivity contribution in [1.29, 1.82) is 5.26 Å². The second-order valence-corrected chi connectivity index (χ2v) is 9.56. The maximum atomic E-state index is 14.2. The van der Waals surface area contributed by atoms with Gasteiger partial charge in [-0.15, -0.1) is 0 Å². The zero-order valence-electron chi connectivity index (χ0n) is 23.3. The van der Waals surface area contributed by atoms with Crippen molar-refractivity contribution in [2.45, 2.75) is 26.4 Å². The van der Waals surface area contributed by atoms with Gasteiger partial charge >= 0.3 is 5.97 Å². The average molecular weight is 561 g/mol. The highest BCUT2D eigenvalue weighted by atomic mass is 16.5. The Morgan fingerprint density at radius 2 is 1.79 bits per heavy atom. The van der Waals surface area contributed by atoms with Crippen molar-refractivity contribution in [3.8, 4) is 11.8 Å². The Kier molecular flexibility index (Phi) is 7.79. The van der Waals surface area contributed by atoms with Crippen LogP contribution >= 0.6 is 0 Å². The number of aryl methyl sites for hydroxylation is 1. The van der Waals surface area contributed by atoms with Crippen LogP contribution < -0.4 is 21.9 Å². The van der Waals surface area contributed by atoms with E-state index in [2.05, 4.69) is 26.7 Å². The number of hydrogen-bond acceptors (Lipinski definition) is 10. The van der Waals surface area contributed by atoms with Gasteiger partial charge in [-0.1, -0.05) is 36.4 Å². The number of nitrogens with two attached hydrogens (primary N) is 1. The van der Waals surface area contributed by atoms with Crippen molar-refractivity contribution < 1.29 is 9.53 Å². The maximum Gasteiger partial charge on any atom is 0.337 e. The van der Waals surface area contributed by atoms with E-state index in [9.17, 15) is 14.9 Å². The molecule has 0 saturated carbocycles. The molecule has 0 amide bonds. The molecule has 5 rings (SSSR count). The van der Waals surface area contributed by atoms with Crippen molar-refractivity contribution in [1.82, 2.24) is 19.5 Å². The number of benzene rings is 3. The van der Waals surface area contributed by atoms with Gasteiger partial charge < -0.3 is 21.1 Å². The van der Waals surface area contributed by atoms with Gasteiger partial charge in [-0.3, -0.25) is 9.36 Å². The van der Waals surface area contributed by atoms with Gasteiger partial charge in [0.25, 0.3) is 5.56 Å². The second kappa shape index (κ2) is 11.8. The average Bonchev–Trinajstić information content (AvgIpc) is 3.00. The predicted octanol–water partition coefficient (Wildman–Crippen LogP) is 4.51. The number of para-hydroxylation sites is 1. The SMILES string of the molecule is COC(=O)c1ccc(CNc2cccc3nc([C@H](C)Nc4nc(N)nc(C)c4C#N)n(-c4ccccc4)c(=O)c23)cc1. The largest absolute Gasteiger partial charge is 0.465 e. The van der Waals surface area contributed by atoms with E-state index >= 15 is 0 Å². The number of ether oxygens (including phenoxy) is 1. The number of aromatic nitrogens is 4. The minimum absolute atomic E-state index is 0.0313. The number of carbonyl (C=O) groups excluding carboxylic acids is 1. The van der Waals surface area contributed by atoms with Crippen LogP contribution in [0.25, 0.3) is 16.6 Å². The first-order valence-corrected chi connectivity index (χ1v) is 13.1. The van der Waals surface area contributed by atoms with Gasteiger partial charge in [0.05, 0.1) is 41.0 Å². The molecule has 0 fully saturated rings. The van der Waals surface area contributed by atoms with Crippen molar-refractivity contribution in [3.05, 3.63) is 111 Å². The zero-order chi connectivity index (χ0) is 29.8. The number of fused-ring (bicyclic) bond motifs is 1. The van der Waals surface area contributed by atoms with Gasteiger partial charge in [-0.05, 0) is 55.8 Å². The van der Waals surface area contributed by atoms with Crippen LogP contribution in [0.5, 0.6) is 0 Å². The van der Waals surface area contributed by atoms with Crippen LogP contribution in [0.4, 0.5) is 17.5 Å². The number of esters is 1. The van der Waals surface area contributed by atoms with Crippen LogP contribution in [0.15, 0.2) is 77.6 Å². The van der Waals surface area contributed by atoms with E-state index in [-0.39, 0.29) is 22.9 Å². The molecule has 0 aliphatic heterocycles. The molecule has 0 bridgehead atoms. The number of nitrogens with one attached hydrogen (secondary N) is 2. The summed E-state index contributed by atoms with van der Waals surface area (Å²) in [5, 5.41) is 16.7. The molecule has 0 aliphatic rings. The molecule has 210 valence electrons. The molecule has 11 heteroatoms. The van der Waals surface area contributed by atoms with Gasteiger partial charge in [0, 0.05) is 12.2 Å². The Labute approximate surface area is 241 Å². The lowest BCUT2D eigenvalue weighted by atomic mass is 10.1. The first kappa shape index (κ1) is 27.8. The van der Waals surface area contributed by atoms with Crippen molar-refractivity contribution in [2.75, 3.05) is 23.5 Å². The summed E-state index contributed by atoms with van der Waals surface area (Å²) in [6.45, 7) is 3.93. The number of carbonyl (C=O) groups is 1. The molecule has 3 aromatic carbocycles. The number of nitrogen functional groups attached to an aromatic ring is 1. The third-order valence-electron chi connectivity index (χ3n) is 6.76. The molecule has 11 nitrogen and oxygen atoms in total. The number of rotatable bonds is 8. The summed E-state index contributed by atoms with van der Waals surface area (Å²) >= 11 is 0. The summed E-state index contributed by atoms with van der Waals surface area (Å²) in [7, 11) is 1.34. The van der Waals surface area contributed by atoms with E-state index in [4.69, 9.17) is 15.5 Å². The Morgan fingerprint density at radius 3 is 2.48 bits per heavy atom. The monoisotopic (exact) mass is 560 g/mol. The normalized spacial score (nSPS) is 11.5. The molecule has 0 aliphatic carbocycles. The van der Waals surface area contributed by atoms with Crippen LogP contribution in [-0.4, -0.2) is 32.6 Å². The quantitative estimate of drug-likeness (QED) is 0.230. The molecule has 2 heterocycles. The Balaban J connectivity index is 1.57. The van der Waals surface area contributed by atoms with Crippen LogP contribution in [0, 0.1) is 18.3 Å². The van der Waals surface area contributed by atoms with E-state index in [1.165, 1.54) is 7.11 Å². The predicted molar refractivity (Wildman–Crippen MR) is 160 cm³/mol. The van der Waals surface area contributed by atoms with Gasteiger partial charge in [-0.2, -0.15) is 10.2 Å². The topological polar surface area (TPSA) is 161 Å². The lowest BCUT2D eigenvalue weighted by molar-refractivity contribution is 0.0600. The van der Waals surface area contributed by atoms with E-state index < -0.39 is 12.0 Å². The molecule has 2 aromatic heterocycles.